The molecule has 3 rings (SSSR count). The minimum atomic E-state index is -1.22. The van der Waals surface area contributed by atoms with Gasteiger partial charge in [-0.25, -0.2) is 14.6 Å². The van der Waals surface area contributed by atoms with E-state index in [0.29, 0.717) is 26.5 Å². The van der Waals surface area contributed by atoms with E-state index in [9.17, 15) is 9.59 Å². The molecule has 8 nitrogen and oxygen atoms in total. The Bertz CT molecular complexity index is 1100. The van der Waals surface area contributed by atoms with E-state index in [-0.39, 0.29) is 18.1 Å². The van der Waals surface area contributed by atoms with Gasteiger partial charge in [-0.15, -0.1) is 0 Å². The highest BCUT2D eigenvalue weighted by molar-refractivity contribution is 6.76. The molecule has 0 aliphatic carbocycles. The highest BCUT2D eigenvalue weighted by atomic mass is 28.3. The lowest BCUT2D eigenvalue weighted by Gasteiger charge is -2.28. The number of ether oxygens (including phenoxy) is 3. The number of likely N-dealkylation sites (tertiary alicyclic amines) is 1. The lowest BCUT2D eigenvalue weighted by atomic mass is 10.2. The van der Waals surface area contributed by atoms with Gasteiger partial charge in [0, 0.05) is 27.3 Å². The maximum atomic E-state index is 13.0. The Labute approximate surface area is 215 Å². The zero-order chi connectivity index (χ0) is 26.5. The molecule has 1 amide bonds. The number of fused-ring (bicyclic) bond motifs is 1. The van der Waals surface area contributed by atoms with Gasteiger partial charge in [0.25, 0.3) is 0 Å². The number of esters is 1. The number of nitrogens with zero attached hydrogens (tertiary/aromatic N) is 3. The maximum Gasteiger partial charge on any atom is 0.410 e. The fourth-order valence-electron chi connectivity index (χ4n) is 4.12. The van der Waals surface area contributed by atoms with Crippen LogP contribution in [0.3, 0.4) is 0 Å². The molecule has 2 aromatic rings. The van der Waals surface area contributed by atoms with Crippen LogP contribution in [0, 0.1) is 0 Å². The van der Waals surface area contributed by atoms with Crippen LogP contribution in [0.1, 0.15) is 58.0 Å². The van der Waals surface area contributed by atoms with Gasteiger partial charge in [-0.3, -0.25) is 4.90 Å². The summed E-state index contributed by atoms with van der Waals surface area (Å²) in [6, 6.07) is 6.77. The highest BCUT2D eigenvalue weighted by Gasteiger charge is 2.36. The maximum absolute atomic E-state index is 13.0. The average Bonchev–Trinajstić information content (AvgIpc) is 3.38. The van der Waals surface area contributed by atoms with Gasteiger partial charge in [0.2, 0.25) is 0 Å². The Morgan fingerprint density at radius 1 is 1.22 bits per heavy atom. The summed E-state index contributed by atoms with van der Waals surface area (Å²) >= 11 is 0. The first-order chi connectivity index (χ1) is 16.9. The minimum Gasteiger partial charge on any atom is -0.463 e. The predicted octanol–water partition coefficient (Wildman–Crippen LogP) is 6.00. The molecule has 1 aromatic heterocycles. The molecule has 0 saturated carbocycles. The molecule has 0 unspecified atom stereocenters. The summed E-state index contributed by atoms with van der Waals surface area (Å²) in [5.74, 6) is 0.423. The molecule has 1 fully saturated rings. The van der Waals surface area contributed by atoms with E-state index in [0.717, 1.165) is 41.3 Å². The third-order valence-corrected chi connectivity index (χ3v) is 7.60. The van der Waals surface area contributed by atoms with Gasteiger partial charge in [-0.05, 0) is 70.4 Å². The van der Waals surface area contributed by atoms with Crippen molar-refractivity contribution in [1.82, 2.24) is 14.5 Å². The van der Waals surface area contributed by atoms with Crippen molar-refractivity contribution in [3.05, 3.63) is 35.7 Å². The van der Waals surface area contributed by atoms with E-state index in [4.69, 9.17) is 19.2 Å². The topological polar surface area (TPSA) is 82.9 Å². The first kappa shape index (κ1) is 27.9. The van der Waals surface area contributed by atoms with Crippen LogP contribution in [0.25, 0.3) is 17.1 Å². The number of amides is 1. The number of aromatic nitrogens is 2. The van der Waals surface area contributed by atoms with Gasteiger partial charge < -0.3 is 18.8 Å². The Hall–Kier alpha value is -2.65. The Morgan fingerprint density at radius 2 is 1.97 bits per heavy atom. The smallest absolute Gasteiger partial charge is 0.410 e. The molecule has 36 heavy (non-hydrogen) atoms. The van der Waals surface area contributed by atoms with Crippen molar-refractivity contribution in [1.29, 1.82) is 0 Å². The third kappa shape index (κ3) is 7.67. The zero-order valence-electron chi connectivity index (χ0n) is 22.8. The molecule has 1 aliphatic rings. The fourth-order valence-corrected chi connectivity index (χ4v) is 4.88. The predicted molar refractivity (Wildman–Crippen MR) is 144 cm³/mol. The SMILES string of the molecule is CCOC(=O)/C=C/c1ccc2c(c1)nc([C@@H]1CCCN1C(=O)OC(C)(C)C)n2COCC[Si](C)(C)C. The van der Waals surface area contributed by atoms with Gasteiger partial charge in [0.1, 0.15) is 18.2 Å². The van der Waals surface area contributed by atoms with Crippen LogP contribution in [0.5, 0.6) is 0 Å². The standard InChI is InChI=1S/C27H41N3O5Si/c1-8-34-24(31)14-12-20-11-13-22-21(18-20)28-25(30(22)19-33-16-17-36(5,6)7)23-10-9-15-29(23)26(32)35-27(2,3)4/h11-14,18,23H,8-10,15-17,19H2,1-7H3/b14-12+/t23-/m0/s1. The quantitative estimate of drug-likeness (QED) is 0.176. The summed E-state index contributed by atoms with van der Waals surface area (Å²) in [6.07, 6.45) is 4.53. The van der Waals surface area contributed by atoms with Gasteiger partial charge in [-0.1, -0.05) is 25.7 Å². The largest absolute Gasteiger partial charge is 0.463 e. The molecule has 1 aliphatic heterocycles. The lowest BCUT2D eigenvalue weighted by molar-refractivity contribution is -0.137. The second kappa shape index (κ2) is 11.6. The van der Waals surface area contributed by atoms with Crippen molar-refractivity contribution < 1.29 is 23.8 Å². The molecule has 1 aromatic carbocycles. The van der Waals surface area contributed by atoms with Crippen molar-refractivity contribution in [3.63, 3.8) is 0 Å². The van der Waals surface area contributed by atoms with Gasteiger partial charge in [0.05, 0.1) is 23.7 Å². The van der Waals surface area contributed by atoms with Crippen LogP contribution >= 0.6 is 0 Å². The number of carbonyl (C=O) groups is 2. The highest BCUT2D eigenvalue weighted by Crippen LogP contribution is 2.35. The molecule has 0 N–H and O–H groups in total. The summed E-state index contributed by atoms with van der Waals surface area (Å²) in [4.78, 5) is 31.5. The summed E-state index contributed by atoms with van der Waals surface area (Å²) < 4.78 is 18.9. The number of hydrogen-bond donors (Lipinski definition) is 0. The van der Waals surface area contributed by atoms with Crippen LogP contribution in [-0.2, 0) is 25.7 Å². The summed E-state index contributed by atoms with van der Waals surface area (Å²) in [6.45, 7) is 16.4. The number of rotatable bonds is 9. The summed E-state index contributed by atoms with van der Waals surface area (Å²) in [7, 11) is -1.22. The van der Waals surface area contributed by atoms with Crippen LogP contribution in [0.4, 0.5) is 4.79 Å². The summed E-state index contributed by atoms with van der Waals surface area (Å²) in [5.41, 5.74) is 2.01. The molecule has 0 spiro atoms. The molecular formula is C27H41N3O5Si. The van der Waals surface area contributed by atoms with Crippen molar-refractivity contribution >= 4 is 37.2 Å². The minimum absolute atomic E-state index is 0.189. The molecule has 0 bridgehead atoms. The average molecular weight is 516 g/mol. The molecule has 1 atom stereocenters. The van der Waals surface area contributed by atoms with E-state index in [1.54, 1.807) is 17.9 Å². The lowest BCUT2D eigenvalue weighted by Crippen LogP contribution is -2.37. The number of carbonyl (C=O) groups excluding carboxylic acids is 2. The molecule has 0 radical (unpaired) electrons. The molecule has 1 saturated heterocycles. The van der Waals surface area contributed by atoms with Gasteiger partial charge >= 0.3 is 12.1 Å². The zero-order valence-corrected chi connectivity index (χ0v) is 23.8. The third-order valence-electron chi connectivity index (χ3n) is 5.90. The monoisotopic (exact) mass is 515 g/mol. The van der Waals surface area contributed by atoms with Crippen molar-refractivity contribution in [2.75, 3.05) is 19.8 Å². The van der Waals surface area contributed by atoms with Crippen molar-refractivity contribution in [2.45, 2.75) is 84.6 Å². The van der Waals surface area contributed by atoms with Gasteiger partial charge in [-0.2, -0.15) is 0 Å². The van der Waals surface area contributed by atoms with Crippen molar-refractivity contribution in [2.24, 2.45) is 0 Å². The van der Waals surface area contributed by atoms with Crippen LogP contribution in [0.2, 0.25) is 25.7 Å². The molecule has 9 heteroatoms. The van der Waals surface area contributed by atoms with Crippen molar-refractivity contribution in [3.8, 4) is 0 Å². The molecule has 198 valence electrons. The number of imidazole rings is 1. The molecular weight excluding hydrogens is 474 g/mol. The van der Waals surface area contributed by atoms with Crippen LogP contribution in [-0.4, -0.2) is 59.9 Å². The van der Waals surface area contributed by atoms with Gasteiger partial charge in [0.15, 0.2) is 0 Å². The summed E-state index contributed by atoms with van der Waals surface area (Å²) in [5, 5.41) is 0. The fraction of sp³-hybridized carbons (Fsp3) is 0.593. The van der Waals surface area contributed by atoms with E-state index >= 15 is 0 Å². The van der Waals surface area contributed by atoms with E-state index in [2.05, 4.69) is 24.2 Å². The Kier molecular flexibility index (Phi) is 9.00. The van der Waals surface area contributed by atoms with Crippen LogP contribution in [0.15, 0.2) is 24.3 Å². The number of benzene rings is 1. The molecule has 2 heterocycles. The first-order valence-electron chi connectivity index (χ1n) is 12.8. The second-order valence-electron chi connectivity index (χ2n) is 11.4. The Balaban J connectivity index is 1.93. The van der Waals surface area contributed by atoms with E-state index in [1.165, 1.54) is 6.08 Å². The van der Waals surface area contributed by atoms with Crippen LogP contribution < -0.4 is 0 Å². The van der Waals surface area contributed by atoms with E-state index < -0.39 is 13.7 Å². The first-order valence-corrected chi connectivity index (χ1v) is 16.5. The normalized spacial score (nSPS) is 16.8. The van der Waals surface area contributed by atoms with E-state index in [1.807, 2.05) is 39.0 Å². The number of hydrogen-bond acceptors (Lipinski definition) is 6. The Morgan fingerprint density at radius 3 is 2.64 bits per heavy atom. The second-order valence-corrected chi connectivity index (χ2v) is 17.0.